The molecule has 12 heteroatoms. The van der Waals surface area contributed by atoms with Crippen LogP contribution in [0, 0.1) is 0 Å². The zero-order chi connectivity index (χ0) is 24.3. The topological polar surface area (TPSA) is 148 Å². The summed E-state index contributed by atoms with van der Waals surface area (Å²) in [6.07, 6.45) is 1.10. The van der Waals surface area contributed by atoms with Crippen molar-refractivity contribution in [1.82, 2.24) is 10.2 Å². The van der Waals surface area contributed by atoms with Crippen LogP contribution in [0.4, 0.5) is 11.7 Å². The van der Waals surface area contributed by atoms with Gasteiger partial charge in [-0.25, -0.2) is 16.8 Å². The highest BCUT2D eigenvalue weighted by Crippen LogP contribution is 2.23. The molecule has 34 heavy (non-hydrogen) atoms. The maximum Gasteiger partial charge on any atom is 0.322 e. The summed E-state index contributed by atoms with van der Waals surface area (Å²) >= 11 is 0. The Bertz CT molecular complexity index is 1550. The third-order valence-electron chi connectivity index (χ3n) is 4.61. The molecule has 3 aromatic carbocycles. The Morgan fingerprint density at radius 2 is 1.53 bits per heavy atom. The SMILES string of the molecule is CS(=O)(=O)c1ccc(-c2nnc(NC(=O)c3cccc(NS(=O)(=O)c4ccccc4)c3)o2)cc1. The van der Waals surface area contributed by atoms with Gasteiger partial charge in [-0.2, -0.15) is 0 Å². The lowest BCUT2D eigenvalue weighted by molar-refractivity contribution is 0.102. The molecule has 0 saturated heterocycles. The van der Waals surface area contributed by atoms with Gasteiger partial charge in [0.1, 0.15) is 0 Å². The van der Waals surface area contributed by atoms with E-state index in [1.165, 1.54) is 60.7 Å². The number of hydrogen-bond acceptors (Lipinski definition) is 8. The van der Waals surface area contributed by atoms with Crippen molar-refractivity contribution in [3.63, 3.8) is 0 Å². The summed E-state index contributed by atoms with van der Waals surface area (Å²) in [4.78, 5) is 12.9. The minimum atomic E-state index is -3.81. The van der Waals surface area contributed by atoms with Gasteiger partial charge in [0.15, 0.2) is 9.84 Å². The zero-order valence-corrected chi connectivity index (χ0v) is 19.3. The van der Waals surface area contributed by atoms with Crippen molar-refractivity contribution >= 4 is 37.5 Å². The van der Waals surface area contributed by atoms with E-state index in [-0.39, 0.29) is 32.9 Å². The quantitative estimate of drug-likeness (QED) is 0.395. The summed E-state index contributed by atoms with van der Waals surface area (Å²) < 4.78 is 56.0. The van der Waals surface area contributed by atoms with Gasteiger partial charge in [-0.05, 0) is 54.6 Å². The molecule has 174 valence electrons. The van der Waals surface area contributed by atoms with Gasteiger partial charge < -0.3 is 4.42 Å². The third-order valence-corrected chi connectivity index (χ3v) is 7.13. The van der Waals surface area contributed by atoms with Gasteiger partial charge in [0, 0.05) is 23.1 Å². The van der Waals surface area contributed by atoms with E-state index in [0.717, 1.165) is 6.26 Å². The second-order valence-electron chi connectivity index (χ2n) is 7.16. The van der Waals surface area contributed by atoms with E-state index in [0.29, 0.717) is 5.56 Å². The number of aromatic nitrogens is 2. The minimum Gasteiger partial charge on any atom is -0.403 e. The maximum absolute atomic E-state index is 12.6. The second-order valence-corrected chi connectivity index (χ2v) is 10.9. The fourth-order valence-electron chi connectivity index (χ4n) is 2.94. The predicted molar refractivity (Wildman–Crippen MR) is 124 cm³/mol. The molecular formula is C22H18N4O6S2. The maximum atomic E-state index is 12.6. The Hall–Kier alpha value is -4.03. The molecule has 10 nitrogen and oxygen atoms in total. The Morgan fingerprint density at radius 1 is 0.824 bits per heavy atom. The zero-order valence-electron chi connectivity index (χ0n) is 17.7. The van der Waals surface area contributed by atoms with Gasteiger partial charge in [-0.3, -0.25) is 14.8 Å². The summed E-state index contributed by atoms with van der Waals surface area (Å²) in [6, 6.07) is 19.4. The number of nitrogens with one attached hydrogen (secondary N) is 2. The molecular weight excluding hydrogens is 480 g/mol. The van der Waals surface area contributed by atoms with Crippen LogP contribution in [0.3, 0.4) is 0 Å². The van der Waals surface area contributed by atoms with E-state index in [1.54, 1.807) is 18.2 Å². The van der Waals surface area contributed by atoms with Gasteiger partial charge in [0.25, 0.3) is 15.9 Å². The molecule has 0 radical (unpaired) electrons. The highest BCUT2D eigenvalue weighted by Gasteiger charge is 2.17. The lowest BCUT2D eigenvalue weighted by Crippen LogP contribution is -2.15. The first-order valence-corrected chi connectivity index (χ1v) is 13.1. The van der Waals surface area contributed by atoms with Crippen molar-refractivity contribution in [2.24, 2.45) is 0 Å². The molecule has 0 fully saturated rings. The van der Waals surface area contributed by atoms with Crippen LogP contribution in [-0.4, -0.2) is 39.2 Å². The average molecular weight is 499 g/mol. The molecule has 1 amide bonds. The lowest BCUT2D eigenvalue weighted by Gasteiger charge is -2.09. The molecule has 2 N–H and O–H groups in total. The number of sulfonamides is 1. The van der Waals surface area contributed by atoms with Crippen molar-refractivity contribution in [2.75, 3.05) is 16.3 Å². The van der Waals surface area contributed by atoms with Crippen LogP contribution in [0.2, 0.25) is 0 Å². The molecule has 0 unspecified atom stereocenters. The molecule has 0 aliphatic rings. The van der Waals surface area contributed by atoms with Gasteiger partial charge in [0.05, 0.1) is 9.79 Å². The molecule has 4 aromatic rings. The van der Waals surface area contributed by atoms with Crippen LogP contribution in [0.25, 0.3) is 11.5 Å². The molecule has 0 aliphatic heterocycles. The van der Waals surface area contributed by atoms with Crippen molar-refractivity contribution in [1.29, 1.82) is 0 Å². The lowest BCUT2D eigenvalue weighted by atomic mass is 10.2. The van der Waals surface area contributed by atoms with Crippen molar-refractivity contribution in [2.45, 2.75) is 9.79 Å². The Balaban J connectivity index is 1.47. The summed E-state index contributed by atoms with van der Waals surface area (Å²) in [5, 5.41) is 10.1. The summed E-state index contributed by atoms with van der Waals surface area (Å²) in [6.45, 7) is 0. The van der Waals surface area contributed by atoms with Crippen LogP contribution in [0.1, 0.15) is 10.4 Å². The molecule has 0 bridgehead atoms. The third kappa shape index (κ3) is 5.30. The Labute approximate surface area is 195 Å². The molecule has 0 atom stereocenters. The monoisotopic (exact) mass is 498 g/mol. The molecule has 0 spiro atoms. The van der Waals surface area contributed by atoms with Crippen molar-refractivity contribution in [3.8, 4) is 11.5 Å². The molecule has 1 heterocycles. The summed E-state index contributed by atoms with van der Waals surface area (Å²) in [5.74, 6) is -0.511. The standard InChI is InChI=1S/C22H18N4O6S2/c1-33(28,29)18-12-10-15(11-13-18)21-24-25-22(32-21)23-20(27)16-6-5-7-17(14-16)26-34(30,31)19-8-3-2-4-9-19/h2-14,26H,1H3,(H,23,25,27). The number of rotatable bonds is 7. The highest BCUT2D eigenvalue weighted by atomic mass is 32.2. The first kappa shape index (κ1) is 23.1. The van der Waals surface area contributed by atoms with E-state index in [9.17, 15) is 21.6 Å². The number of carbonyl (C=O) groups is 1. The molecule has 1 aromatic heterocycles. The van der Waals surface area contributed by atoms with Gasteiger partial charge in [-0.15, -0.1) is 5.10 Å². The number of nitrogens with zero attached hydrogens (tertiary/aromatic N) is 2. The predicted octanol–water partition coefficient (Wildman–Crippen LogP) is 3.19. The molecule has 4 rings (SSSR count). The molecule has 0 aliphatic carbocycles. The minimum absolute atomic E-state index is 0.0831. The number of sulfone groups is 1. The van der Waals surface area contributed by atoms with Gasteiger partial charge in [-0.1, -0.05) is 29.4 Å². The van der Waals surface area contributed by atoms with E-state index in [1.807, 2.05) is 0 Å². The van der Waals surface area contributed by atoms with Crippen molar-refractivity contribution in [3.05, 3.63) is 84.4 Å². The van der Waals surface area contributed by atoms with Crippen LogP contribution in [0.15, 0.2) is 93.1 Å². The first-order valence-electron chi connectivity index (χ1n) is 9.75. The summed E-state index contributed by atoms with van der Waals surface area (Å²) in [5.41, 5.74) is 0.830. The second kappa shape index (κ2) is 9.08. The van der Waals surface area contributed by atoms with Crippen LogP contribution in [0.5, 0.6) is 0 Å². The smallest absolute Gasteiger partial charge is 0.322 e. The van der Waals surface area contributed by atoms with Crippen molar-refractivity contribution < 1.29 is 26.0 Å². The van der Waals surface area contributed by atoms with E-state index in [2.05, 4.69) is 20.2 Å². The molecule has 0 saturated carbocycles. The fraction of sp³-hybridized carbons (Fsp3) is 0.0455. The highest BCUT2D eigenvalue weighted by molar-refractivity contribution is 7.92. The van der Waals surface area contributed by atoms with Gasteiger partial charge in [0.2, 0.25) is 5.89 Å². The number of anilines is 2. The number of amides is 1. The number of benzene rings is 3. The van der Waals surface area contributed by atoms with Crippen LogP contribution >= 0.6 is 0 Å². The largest absolute Gasteiger partial charge is 0.403 e. The fourth-order valence-corrected chi connectivity index (χ4v) is 4.64. The van der Waals surface area contributed by atoms with E-state index < -0.39 is 25.8 Å². The van der Waals surface area contributed by atoms with E-state index >= 15 is 0 Å². The Morgan fingerprint density at radius 3 is 2.21 bits per heavy atom. The Kier molecular flexibility index (Phi) is 6.18. The van der Waals surface area contributed by atoms with E-state index in [4.69, 9.17) is 4.42 Å². The average Bonchev–Trinajstić information content (AvgIpc) is 3.27. The summed E-state index contributed by atoms with van der Waals surface area (Å²) in [7, 11) is -7.16. The normalized spacial score (nSPS) is 11.7. The van der Waals surface area contributed by atoms with Gasteiger partial charge >= 0.3 is 6.01 Å². The van der Waals surface area contributed by atoms with Crippen LogP contribution in [-0.2, 0) is 19.9 Å². The number of carbonyl (C=O) groups excluding carboxylic acids is 1. The van der Waals surface area contributed by atoms with Crippen LogP contribution < -0.4 is 10.0 Å². The number of hydrogen-bond donors (Lipinski definition) is 2. The first-order chi connectivity index (χ1) is 16.1.